The number of hydrogen-bond donors (Lipinski definition) is 2. The third-order valence-electron chi connectivity index (χ3n) is 2.73. The van der Waals surface area contributed by atoms with E-state index in [1.54, 1.807) is 18.2 Å². The third-order valence-corrected chi connectivity index (χ3v) is 3.97. The fourth-order valence-corrected chi connectivity index (χ4v) is 2.91. The van der Waals surface area contributed by atoms with Crippen LogP contribution in [-0.2, 0) is 10.7 Å². The molecule has 100 valence electrons. The van der Waals surface area contributed by atoms with Crippen LogP contribution >= 0.6 is 15.9 Å². The van der Waals surface area contributed by atoms with Crippen molar-refractivity contribution in [2.45, 2.75) is 11.1 Å². The number of benzene rings is 1. The molecule has 1 unspecified atom stereocenters. The van der Waals surface area contributed by atoms with E-state index < -0.39 is 10.7 Å². The lowest BCUT2D eigenvalue weighted by atomic mass is 10.3. The van der Waals surface area contributed by atoms with Crippen LogP contribution in [0.5, 0.6) is 5.75 Å². The van der Waals surface area contributed by atoms with Crippen molar-refractivity contribution in [1.82, 2.24) is 10.2 Å². The van der Waals surface area contributed by atoms with Crippen LogP contribution in [0.3, 0.4) is 0 Å². The van der Waals surface area contributed by atoms with Gasteiger partial charge >= 0.3 is 0 Å². The Hall–Kier alpha value is -0.630. The van der Waals surface area contributed by atoms with Gasteiger partial charge < -0.3 is 9.64 Å². The molecule has 0 aliphatic carbocycles. The van der Waals surface area contributed by atoms with Crippen LogP contribution in [0, 0.1) is 0 Å². The van der Waals surface area contributed by atoms with Crippen molar-refractivity contribution in [2.75, 3.05) is 26.7 Å². The van der Waals surface area contributed by atoms with Crippen molar-refractivity contribution >= 4 is 26.6 Å². The van der Waals surface area contributed by atoms with E-state index in [4.69, 9.17) is 4.74 Å². The Balaban J connectivity index is 2.18. The van der Waals surface area contributed by atoms with Gasteiger partial charge in [0, 0.05) is 24.1 Å². The van der Waals surface area contributed by atoms with Gasteiger partial charge in [-0.1, -0.05) is 15.9 Å². The highest BCUT2D eigenvalue weighted by Gasteiger charge is 2.19. The van der Waals surface area contributed by atoms with E-state index in [2.05, 4.69) is 26.1 Å². The first-order valence-corrected chi connectivity index (χ1v) is 7.56. The second-order valence-electron chi connectivity index (χ2n) is 4.19. The summed E-state index contributed by atoms with van der Waals surface area (Å²) in [6.07, 6.45) is -0.182. The molecule has 1 aromatic rings. The standard InChI is InChI=1S/C11H15BrN2O3S/c1-14-5-4-13-11(7-14)17-9-3-2-8(12)6-10(9)18(15)16/h2-3,6,11,13,18H,4-5,7H2,1H3. The molecule has 1 N–H and O–H groups in total. The van der Waals surface area contributed by atoms with E-state index in [9.17, 15) is 8.42 Å². The molecule has 2 rings (SSSR count). The summed E-state index contributed by atoms with van der Waals surface area (Å²) in [5, 5.41) is 3.21. The van der Waals surface area contributed by atoms with Gasteiger partial charge in [0.25, 0.3) is 0 Å². The molecule has 1 fully saturated rings. The second-order valence-corrected chi connectivity index (χ2v) is 6.10. The first-order valence-electron chi connectivity index (χ1n) is 5.59. The highest BCUT2D eigenvalue weighted by Crippen LogP contribution is 2.25. The van der Waals surface area contributed by atoms with E-state index in [0.717, 1.165) is 24.1 Å². The Morgan fingerprint density at radius 3 is 2.94 bits per heavy atom. The average Bonchev–Trinajstić information content (AvgIpc) is 2.31. The van der Waals surface area contributed by atoms with Crippen LogP contribution < -0.4 is 10.1 Å². The summed E-state index contributed by atoms with van der Waals surface area (Å²) in [7, 11) is -0.659. The number of hydrogen-bond acceptors (Lipinski definition) is 5. The Kier molecular flexibility index (Phi) is 4.60. The van der Waals surface area contributed by atoms with Gasteiger partial charge in [0.2, 0.25) is 0 Å². The number of piperazine rings is 1. The molecule has 0 aromatic heterocycles. The van der Waals surface area contributed by atoms with Crippen molar-refractivity contribution in [3.63, 3.8) is 0 Å². The van der Waals surface area contributed by atoms with Crippen molar-refractivity contribution in [3.8, 4) is 5.75 Å². The zero-order valence-corrected chi connectivity index (χ0v) is 12.4. The first-order chi connectivity index (χ1) is 8.56. The Morgan fingerprint density at radius 1 is 1.50 bits per heavy atom. The topological polar surface area (TPSA) is 58.6 Å². The Morgan fingerprint density at radius 2 is 2.28 bits per heavy atom. The molecule has 7 heteroatoms. The maximum absolute atomic E-state index is 11.2. The predicted molar refractivity (Wildman–Crippen MR) is 72.6 cm³/mol. The summed E-state index contributed by atoms with van der Waals surface area (Å²) in [5.41, 5.74) is 0. The van der Waals surface area contributed by atoms with E-state index in [1.165, 1.54) is 0 Å². The molecule has 0 spiro atoms. The second kappa shape index (κ2) is 6.01. The van der Waals surface area contributed by atoms with Gasteiger partial charge in [-0.05, 0) is 25.2 Å². The summed E-state index contributed by atoms with van der Waals surface area (Å²) in [4.78, 5) is 2.34. The van der Waals surface area contributed by atoms with Crippen LogP contribution in [0.25, 0.3) is 0 Å². The first kappa shape index (κ1) is 13.8. The number of halogens is 1. The molecule has 1 aliphatic heterocycles. The monoisotopic (exact) mass is 334 g/mol. The van der Waals surface area contributed by atoms with Gasteiger partial charge in [-0.25, -0.2) is 8.42 Å². The van der Waals surface area contributed by atoms with Crippen LogP contribution in [0.4, 0.5) is 0 Å². The highest BCUT2D eigenvalue weighted by atomic mass is 79.9. The minimum atomic E-state index is -2.67. The van der Waals surface area contributed by atoms with Gasteiger partial charge in [-0.3, -0.25) is 5.32 Å². The Labute approximate surface area is 116 Å². The summed E-state index contributed by atoms with van der Waals surface area (Å²) >= 11 is 3.25. The maximum Gasteiger partial charge on any atom is 0.171 e. The molecule has 1 atom stereocenters. The quantitative estimate of drug-likeness (QED) is 0.795. The smallest absolute Gasteiger partial charge is 0.171 e. The molecule has 0 saturated carbocycles. The molecule has 1 aliphatic rings. The zero-order valence-electron chi connectivity index (χ0n) is 9.93. The lowest BCUT2D eigenvalue weighted by molar-refractivity contribution is 0.0845. The number of nitrogens with one attached hydrogen (secondary N) is 1. The van der Waals surface area contributed by atoms with Crippen molar-refractivity contribution in [1.29, 1.82) is 0 Å². The van der Waals surface area contributed by atoms with E-state index in [-0.39, 0.29) is 11.1 Å². The number of rotatable bonds is 3. The van der Waals surface area contributed by atoms with Gasteiger partial charge in [-0.2, -0.15) is 0 Å². The van der Waals surface area contributed by atoms with Crippen LogP contribution in [0.2, 0.25) is 0 Å². The minimum absolute atomic E-state index is 0.182. The molecular formula is C11H15BrN2O3S. The van der Waals surface area contributed by atoms with E-state index in [0.29, 0.717) is 5.75 Å². The number of likely N-dealkylation sites (N-methyl/N-ethyl adjacent to an activating group) is 1. The highest BCUT2D eigenvalue weighted by molar-refractivity contribution is 9.10. The average molecular weight is 335 g/mol. The fraction of sp³-hybridized carbons (Fsp3) is 0.455. The molecule has 1 saturated heterocycles. The fourth-order valence-electron chi connectivity index (χ4n) is 1.82. The molecule has 5 nitrogen and oxygen atoms in total. The molecular weight excluding hydrogens is 320 g/mol. The zero-order chi connectivity index (χ0) is 13.1. The van der Waals surface area contributed by atoms with Gasteiger partial charge in [0.1, 0.15) is 10.6 Å². The van der Waals surface area contributed by atoms with E-state index >= 15 is 0 Å². The molecule has 1 aromatic carbocycles. The SMILES string of the molecule is CN1CCNC(Oc2ccc(Br)cc2[SH](=O)=O)C1. The minimum Gasteiger partial charge on any atom is -0.473 e. The Bertz CT molecular complexity index is 499. The molecule has 18 heavy (non-hydrogen) atoms. The lowest BCUT2D eigenvalue weighted by Crippen LogP contribution is -2.51. The van der Waals surface area contributed by atoms with Crippen molar-refractivity contribution in [2.24, 2.45) is 0 Å². The summed E-state index contributed by atoms with van der Waals surface area (Å²) in [5.74, 6) is 0.391. The van der Waals surface area contributed by atoms with Crippen LogP contribution in [-0.4, -0.2) is 46.2 Å². The van der Waals surface area contributed by atoms with Crippen molar-refractivity contribution in [3.05, 3.63) is 22.7 Å². The molecule has 0 bridgehead atoms. The molecule has 1 heterocycles. The summed E-state index contributed by atoms with van der Waals surface area (Å²) in [6.45, 7) is 2.52. The van der Waals surface area contributed by atoms with E-state index in [1.807, 2.05) is 7.05 Å². The van der Waals surface area contributed by atoms with Gasteiger partial charge in [0.15, 0.2) is 16.9 Å². The molecule has 0 radical (unpaired) electrons. The molecule has 0 amide bonds. The normalized spacial score (nSPS) is 21.2. The van der Waals surface area contributed by atoms with Gasteiger partial charge in [0.05, 0.1) is 0 Å². The van der Waals surface area contributed by atoms with Crippen LogP contribution in [0.1, 0.15) is 0 Å². The van der Waals surface area contributed by atoms with Gasteiger partial charge in [-0.15, -0.1) is 0 Å². The summed E-state index contributed by atoms with van der Waals surface area (Å²) in [6, 6.07) is 4.98. The lowest BCUT2D eigenvalue weighted by Gasteiger charge is -2.31. The number of ether oxygens (including phenoxy) is 1. The third kappa shape index (κ3) is 3.44. The largest absolute Gasteiger partial charge is 0.473 e. The number of thiol groups is 1. The predicted octanol–water partition coefficient (Wildman–Crippen LogP) is 0.659. The number of nitrogens with zero attached hydrogens (tertiary/aromatic N) is 1. The summed E-state index contributed by atoms with van der Waals surface area (Å²) < 4.78 is 28.8. The van der Waals surface area contributed by atoms with Crippen molar-refractivity contribution < 1.29 is 13.2 Å². The maximum atomic E-state index is 11.2. The van der Waals surface area contributed by atoms with Crippen LogP contribution in [0.15, 0.2) is 27.6 Å².